The summed E-state index contributed by atoms with van der Waals surface area (Å²) in [6.07, 6.45) is 4.04. The van der Waals surface area contributed by atoms with E-state index in [0.29, 0.717) is 18.5 Å². The Kier molecular flexibility index (Phi) is 5.40. The molecule has 0 atom stereocenters. The molecule has 5 heteroatoms. The van der Waals surface area contributed by atoms with Crippen LogP contribution in [0.3, 0.4) is 0 Å². The van der Waals surface area contributed by atoms with E-state index >= 15 is 0 Å². The Bertz CT molecular complexity index is 549. The normalized spacial score (nSPS) is 16.3. The molecule has 1 aliphatic carbocycles. The molecule has 0 unspecified atom stereocenters. The van der Waals surface area contributed by atoms with Crippen LogP contribution in [-0.4, -0.2) is 46.8 Å². The van der Waals surface area contributed by atoms with Crippen molar-refractivity contribution in [1.82, 2.24) is 4.90 Å². The third-order valence-corrected chi connectivity index (χ3v) is 4.55. The molecule has 0 radical (unpaired) electrons. The van der Waals surface area contributed by atoms with E-state index in [1.54, 1.807) is 23.4 Å². The van der Waals surface area contributed by atoms with E-state index in [1.165, 1.54) is 11.3 Å². The SMILES string of the molecule is CN(CC1(O)CCCC1)C(=O)c1csc(C#CCCO)c1. The lowest BCUT2D eigenvalue weighted by atomic mass is 10.0. The van der Waals surface area contributed by atoms with Crippen LogP contribution in [0, 0.1) is 11.8 Å². The van der Waals surface area contributed by atoms with Gasteiger partial charge in [0, 0.05) is 25.4 Å². The van der Waals surface area contributed by atoms with E-state index < -0.39 is 5.60 Å². The van der Waals surface area contributed by atoms with E-state index in [1.807, 2.05) is 0 Å². The van der Waals surface area contributed by atoms with Crippen LogP contribution < -0.4 is 0 Å². The van der Waals surface area contributed by atoms with Gasteiger partial charge in [-0.25, -0.2) is 0 Å². The monoisotopic (exact) mass is 307 g/mol. The summed E-state index contributed by atoms with van der Waals surface area (Å²) < 4.78 is 0. The Balaban J connectivity index is 1.98. The van der Waals surface area contributed by atoms with Gasteiger partial charge in [-0.05, 0) is 18.9 Å². The maximum Gasteiger partial charge on any atom is 0.254 e. The van der Waals surface area contributed by atoms with Crippen molar-refractivity contribution in [3.63, 3.8) is 0 Å². The van der Waals surface area contributed by atoms with Gasteiger partial charge in [-0.2, -0.15) is 0 Å². The zero-order valence-corrected chi connectivity index (χ0v) is 13.1. The summed E-state index contributed by atoms with van der Waals surface area (Å²) in [6.45, 7) is 0.429. The molecule has 1 aliphatic rings. The first-order chi connectivity index (χ1) is 10.0. The Labute approximate surface area is 129 Å². The van der Waals surface area contributed by atoms with Crippen LogP contribution in [0.4, 0.5) is 0 Å². The first-order valence-corrected chi connectivity index (χ1v) is 8.08. The molecule has 21 heavy (non-hydrogen) atoms. The quantitative estimate of drug-likeness (QED) is 0.835. The highest BCUT2D eigenvalue weighted by atomic mass is 32.1. The zero-order chi connectivity index (χ0) is 15.3. The highest BCUT2D eigenvalue weighted by Gasteiger charge is 2.33. The second-order valence-electron chi connectivity index (χ2n) is 5.57. The topological polar surface area (TPSA) is 60.8 Å². The van der Waals surface area contributed by atoms with Crippen molar-refractivity contribution in [3.05, 3.63) is 21.9 Å². The summed E-state index contributed by atoms with van der Waals surface area (Å²) in [6, 6.07) is 1.77. The first kappa shape index (κ1) is 16.0. The van der Waals surface area contributed by atoms with E-state index in [0.717, 1.165) is 30.6 Å². The molecule has 114 valence electrons. The van der Waals surface area contributed by atoms with Crippen molar-refractivity contribution >= 4 is 17.2 Å². The maximum absolute atomic E-state index is 12.4. The number of hydrogen-bond donors (Lipinski definition) is 2. The standard InChI is InChI=1S/C16H21NO3S/c1-17(12-16(20)7-3-4-8-16)15(19)13-10-14(21-11-13)6-2-5-9-18/h10-11,18,20H,3-5,7-9,12H2,1H3. The fourth-order valence-corrected chi connectivity index (χ4v) is 3.39. The number of aliphatic hydroxyl groups excluding tert-OH is 1. The summed E-state index contributed by atoms with van der Waals surface area (Å²) in [7, 11) is 1.73. The van der Waals surface area contributed by atoms with Gasteiger partial charge in [0.05, 0.1) is 22.6 Å². The number of rotatable bonds is 4. The zero-order valence-electron chi connectivity index (χ0n) is 12.3. The second-order valence-corrected chi connectivity index (χ2v) is 6.48. The van der Waals surface area contributed by atoms with Gasteiger partial charge in [0.15, 0.2) is 0 Å². The molecule has 1 aromatic rings. The van der Waals surface area contributed by atoms with E-state index in [-0.39, 0.29) is 12.5 Å². The maximum atomic E-state index is 12.4. The minimum atomic E-state index is -0.718. The summed E-state index contributed by atoms with van der Waals surface area (Å²) in [5, 5.41) is 20.8. The van der Waals surface area contributed by atoms with Crippen molar-refractivity contribution in [2.75, 3.05) is 20.2 Å². The number of amides is 1. The number of carbonyl (C=O) groups excluding carboxylic acids is 1. The fourth-order valence-electron chi connectivity index (χ4n) is 2.64. The van der Waals surface area contributed by atoms with Crippen molar-refractivity contribution < 1.29 is 15.0 Å². The summed E-state index contributed by atoms with van der Waals surface area (Å²) in [5.74, 6) is 5.69. The molecule has 4 nitrogen and oxygen atoms in total. The van der Waals surface area contributed by atoms with Gasteiger partial charge in [-0.15, -0.1) is 11.3 Å². The molecule has 0 aliphatic heterocycles. The number of thiophene rings is 1. The smallest absolute Gasteiger partial charge is 0.254 e. The number of carbonyl (C=O) groups is 1. The Morgan fingerprint density at radius 3 is 2.86 bits per heavy atom. The van der Waals surface area contributed by atoms with Gasteiger partial charge >= 0.3 is 0 Å². The number of likely N-dealkylation sites (N-methyl/N-ethyl adjacent to an activating group) is 1. The third kappa shape index (κ3) is 4.31. The Morgan fingerprint density at radius 1 is 1.48 bits per heavy atom. The van der Waals surface area contributed by atoms with Crippen LogP contribution in [0.2, 0.25) is 0 Å². The minimum Gasteiger partial charge on any atom is -0.395 e. The molecule has 0 saturated heterocycles. The number of hydrogen-bond acceptors (Lipinski definition) is 4. The first-order valence-electron chi connectivity index (χ1n) is 7.20. The van der Waals surface area contributed by atoms with Crippen molar-refractivity contribution in [2.24, 2.45) is 0 Å². The predicted octanol–water partition coefficient (Wildman–Crippen LogP) is 1.86. The summed E-state index contributed by atoms with van der Waals surface area (Å²) in [4.78, 5) is 14.8. The largest absolute Gasteiger partial charge is 0.395 e. The molecular weight excluding hydrogens is 286 g/mol. The summed E-state index contributed by atoms with van der Waals surface area (Å²) in [5.41, 5.74) is -0.109. The van der Waals surface area contributed by atoms with Gasteiger partial charge in [0.25, 0.3) is 5.91 Å². The highest BCUT2D eigenvalue weighted by molar-refractivity contribution is 7.10. The second kappa shape index (κ2) is 7.08. The average Bonchev–Trinajstić information content (AvgIpc) is 3.08. The van der Waals surface area contributed by atoms with E-state index in [4.69, 9.17) is 5.11 Å². The Hall–Kier alpha value is -1.35. The van der Waals surface area contributed by atoms with Gasteiger partial charge in [-0.3, -0.25) is 4.79 Å². The van der Waals surface area contributed by atoms with Crippen molar-refractivity contribution in [2.45, 2.75) is 37.7 Å². The molecule has 0 bridgehead atoms. The third-order valence-electron chi connectivity index (χ3n) is 3.71. The fraction of sp³-hybridized carbons (Fsp3) is 0.562. The number of nitrogens with zero attached hydrogens (tertiary/aromatic N) is 1. The average molecular weight is 307 g/mol. The molecule has 0 spiro atoms. The van der Waals surface area contributed by atoms with Gasteiger partial charge < -0.3 is 15.1 Å². The molecular formula is C16H21NO3S. The Morgan fingerprint density at radius 2 is 2.19 bits per heavy atom. The van der Waals surface area contributed by atoms with Crippen LogP contribution >= 0.6 is 11.3 Å². The van der Waals surface area contributed by atoms with Crippen LogP contribution in [0.15, 0.2) is 11.4 Å². The lowest BCUT2D eigenvalue weighted by molar-refractivity contribution is 0.0157. The van der Waals surface area contributed by atoms with Crippen molar-refractivity contribution in [3.8, 4) is 11.8 Å². The number of aliphatic hydroxyl groups is 2. The molecule has 1 heterocycles. The van der Waals surface area contributed by atoms with E-state index in [9.17, 15) is 9.90 Å². The molecule has 0 aromatic carbocycles. The predicted molar refractivity (Wildman–Crippen MR) is 83.3 cm³/mol. The highest BCUT2D eigenvalue weighted by Crippen LogP contribution is 2.30. The molecule has 1 fully saturated rings. The van der Waals surface area contributed by atoms with Gasteiger partial charge in [-0.1, -0.05) is 24.7 Å². The lowest BCUT2D eigenvalue weighted by Crippen LogP contribution is -2.41. The molecule has 2 rings (SSSR count). The lowest BCUT2D eigenvalue weighted by Gasteiger charge is -2.28. The van der Waals surface area contributed by atoms with Crippen molar-refractivity contribution in [1.29, 1.82) is 0 Å². The van der Waals surface area contributed by atoms with Crippen LogP contribution in [0.5, 0.6) is 0 Å². The van der Waals surface area contributed by atoms with Gasteiger partial charge in [0.1, 0.15) is 0 Å². The molecule has 1 amide bonds. The molecule has 2 N–H and O–H groups in total. The van der Waals surface area contributed by atoms with Crippen LogP contribution in [0.25, 0.3) is 0 Å². The van der Waals surface area contributed by atoms with Crippen LogP contribution in [-0.2, 0) is 0 Å². The molecule has 1 aromatic heterocycles. The van der Waals surface area contributed by atoms with Gasteiger partial charge in [0.2, 0.25) is 0 Å². The van der Waals surface area contributed by atoms with E-state index in [2.05, 4.69) is 11.8 Å². The minimum absolute atomic E-state index is 0.0471. The van der Waals surface area contributed by atoms with Crippen LogP contribution in [0.1, 0.15) is 47.3 Å². The molecule has 1 saturated carbocycles. The summed E-state index contributed by atoms with van der Waals surface area (Å²) >= 11 is 1.42.